The maximum Gasteiger partial charge on any atom is 0.259 e. The number of pyridine rings is 1. The van der Waals surface area contributed by atoms with Gasteiger partial charge in [-0.3, -0.25) is 15.1 Å². The van der Waals surface area contributed by atoms with Crippen LogP contribution in [0.4, 0.5) is 5.13 Å². The summed E-state index contributed by atoms with van der Waals surface area (Å²) < 4.78 is 11.7. The van der Waals surface area contributed by atoms with Crippen LogP contribution in [0.5, 0.6) is 11.5 Å². The van der Waals surface area contributed by atoms with Gasteiger partial charge in [-0.1, -0.05) is 11.3 Å². The molecule has 2 aromatic carbocycles. The van der Waals surface area contributed by atoms with Crippen LogP contribution >= 0.6 is 11.3 Å². The molecule has 7 heteroatoms. The molecule has 1 N–H and O–H groups in total. The monoisotopic (exact) mass is 393 g/mol. The number of fused-ring (bicyclic) bond motifs is 2. The number of carbonyl (C=O) groups is 1. The molecule has 4 aromatic rings. The van der Waals surface area contributed by atoms with E-state index in [9.17, 15) is 4.79 Å². The van der Waals surface area contributed by atoms with Crippen LogP contribution in [0, 0.1) is 6.92 Å². The minimum absolute atomic E-state index is 0.237. The Morgan fingerprint density at radius 1 is 1.07 bits per heavy atom. The van der Waals surface area contributed by atoms with Crippen molar-refractivity contribution in [1.29, 1.82) is 0 Å². The van der Waals surface area contributed by atoms with Crippen molar-refractivity contribution in [3.05, 3.63) is 53.7 Å². The zero-order valence-corrected chi connectivity index (χ0v) is 16.6. The third kappa shape index (κ3) is 3.48. The summed E-state index contributed by atoms with van der Waals surface area (Å²) in [6, 6.07) is 13.1. The number of nitrogens with one attached hydrogen (secondary N) is 1. The van der Waals surface area contributed by atoms with Gasteiger partial charge in [0.25, 0.3) is 5.91 Å². The van der Waals surface area contributed by atoms with Gasteiger partial charge in [0.2, 0.25) is 0 Å². The zero-order valence-electron chi connectivity index (χ0n) is 15.8. The van der Waals surface area contributed by atoms with Gasteiger partial charge in [0.1, 0.15) is 11.5 Å². The van der Waals surface area contributed by atoms with Crippen molar-refractivity contribution in [1.82, 2.24) is 9.97 Å². The normalized spacial score (nSPS) is 11.0. The van der Waals surface area contributed by atoms with E-state index in [0.29, 0.717) is 23.0 Å². The zero-order chi connectivity index (χ0) is 19.7. The average Bonchev–Trinajstić information content (AvgIpc) is 3.08. The topological polar surface area (TPSA) is 73.3 Å². The fourth-order valence-corrected chi connectivity index (χ4v) is 3.88. The number of benzene rings is 2. The summed E-state index contributed by atoms with van der Waals surface area (Å²) in [5.41, 5.74) is 2.81. The highest BCUT2D eigenvalue weighted by atomic mass is 32.1. The fraction of sp³-hybridized carbons (Fsp3) is 0.190. The molecule has 28 heavy (non-hydrogen) atoms. The minimum atomic E-state index is -0.237. The van der Waals surface area contributed by atoms with Crippen LogP contribution in [0.2, 0.25) is 0 Å². The largest absolute Gasteiger partial charge is 0.497 e. The van der Waals surface area contributed by atoms with E-state index >= 15 is 0 Å². The second-order valence-electron chi connectivity index (χ2n) is 6.22. The SMILES string of the molecule is CCOc1ccc2nc(NC(=O)c3cc4cc(OC)ccc4nc3C)sc2c1. The van der Waals surface area contributed by atoms with Crippen LogP contribution in [0.25, 0.3) is 21.1 Å². The van der Waals surface area contributed by atoms with Gasteiger partial charge in [-0.15, -0.1) is 0 Å². The molecule has 0 bridgehead atoms. The number of carbonyl (C=O) groups excluding carboxylic acids is 1. The molecule has 1 amide bonds. The molecule has 0 saturated heterocycles. The number of methoxy groups -OCH3 is 1. The lowest BCUT2D eigenvalue weighted by Gasteiger charge is -2.08. The molecule has 0 spiro atoms. The lowest BCUT2D eigenvalue weighted by atomic mass is 10.1. The maximum atomic E-state index is 12.8. The molecule has 0 unspecified atom stereocenters. The Hall–Kier alpha value is -3.19. The number of nitrogens with zero attached hydrogens (tertiary/aromatic N) is 2. The van der Waals surface area contributed by atoms with Crippen LogP contribution in [0.3, 0.4) is 0 Å². The van der Waals surface area contributed by atoms with E-state index in [0.717, 1.165) is 32.6 Å². The highest BCUT2D eigenvalue weighted by Gasteiger charge is 2.15. The third-order valence-electron chi connectivity index (χ3n) is 4.35. The predicted molar refractivity (Wildman–Crippen MR) is 112 cm³/mol. The van der Waals surface area contributed by atoms with Gasteiger partial charge in [-0.25, -0.2) is 4.98 Å². The van der Waals surface area contributed by atoms with Gasteiger partial charge in [-0.2, -0.15) is 0 Å². The van der Waals surface area contributed by atoms with Crippen LogP contribution < -0.4 is 14.8 Å². The van der Waals surface area contributed by atoms with Gasteiger partial charge < -0.3 is 9.47 Å². The van der Waals surface area contributed by atoms with E-state index in [2.05, 4.69) is 15.3 Å². The molecule has 0 aliphatic carbocycles. The number of rotatable bonds is 5. The van der Waals surface area contributed by atoms with Gasteiger partial charge in [-0.05, 0) is 56.3 Å². The van der Waals surface area contributed by atoms with Gasteiger partial charge in [0.15, 0.2) is 5.13 Å². The number of thiazole rings is 1. The van der Waals surface area contributed by atoms with E-state index in [1.165, 1.54) is 11.3 Å². The van der Waals surface area contributed by atoms with Crippen molar-refractivity contribution in [2.75, 3.05) is 19.0 Å². The lowest BCUT2D eigenvalue weighted by molar-refractivity contribution is 0.102. The van der Waals surface area contributed by atoms with Crippen molar-refractivity contribution >= 4 is 43.5 Å². The first kappa shape index (κ1) is 18.2. The molecule has 142 valence electrons. The van der Waals surface area contributed by atoms with Crippen molar-refractivity contribution in [2.45, 2.75) is 13.8 Å². The van der Waals surface area contributed by atoms with Crippen LogP contribution in [0.1, 0.15) is 23.0 Å². The Kier molecular flexibility index (Phi) is 4.83. The summed E-state index contributed by atoms with van der Waals surface area (Å²) in [6.45, 7) is 4.37. The molecular formula is C21H19N3O3S. The smallest absolute Gasteiger partial charge is 0.259 e. The molecule has 0 radical (unpaired) electrons. The molecular weight excluding hydrogens is 374 g/mol. The van der Waals surface area contributed by atoms with E-state index in [1.807, 2.05) is 56.3 Å². The third-order valence-corrected chi connectivity index (χ3v) is 5.28. The number of anilines is 1. The van der Waals surface area contributed by atoms with Gasteiger partial charge in [0.05, 0.1) is 40.7 Å². The molecule has 0 fully saturated rings. The Morgan fingerprint density at radius 2 is 1.86 bits per heavy atom. The van der Waals surface area contributed by atoms with Crippen LogP contribution in [-0.4, -0.2) is 29.6 Å². The summed E-state index contributed by atoms with van der Waals surface area (Å²) in [7, 11) is 1.61. The molecule has 0 saturated carbocycles. The van der Waals surface area contributed by atoms with Crippen molar-refractivity contribution < 1.29 is 14.3 Å². The Labute approximate surface area is 166 Å². The van der Waals surface area contributed by atoms with Gasteiger partial charge >= 0.3 is 0 Å². The first-order valence-electron chi connectivity index (χ1n) is 8.87. The summed E-state index contributed by atoms with van der Waals surface area (Å²) >= 11 is 1.41. The number of hydrogen-bond acceptors (Lipinski definition) is 6. The first-order valence-corrected chi connectivity index (χ1v) is 9.69. The second kappa shape index (κ2) is 7.44. The fourth-order valence-electron chi connectivity index (χ4n) is 2.99. The van der Waals surface area contributed by atoms with Crippen LogP contribution in [0.15, 0.2) is 42.5 Å². The summed E-state index contributed by atoms with van der Waals surface area (Å²) in [6.07, 6.45) is 0. The standard InChI is InChI=1S/C21H19N3O3S/c1-4-27-15-6-8-18-19(11-15)28-21(23-18)24-20(25)16-10-13-9-14(26-3)5-7-17(13)22-12(16)2/h5-11H,4H2,1-3H3,(H,23,24,25). The molecule has 0 aliphatic heterocycles. The number of aryl methyl sites for hydroxylation is 1. The molecule has 0 aliphatic rings. The maximum absolute atomic E-state index is 12.8. The Balaban J connectivity index is 1.64. The van der Waals surface area contributed by atoms with E-state index in [-0.39, 0.29) is 5.91 Å². The molecule has 2 heterocycles. The minimum Gasteiger partial charge on any atom is -0.497 e. The summed E-state index contributed by atoms with van der Waals surface area (Å²) in [5.74, 6) is 1.28. The average molecular weight is 393 g/mol. The van der Waals surface area contributed by atoms with E-state index < -0.39 is 0 Å². The Morgan fingerprint density at radius 3 is 2.64 bits per heavy atom. The second-order valence-corrected chi connectivity index (χ2v) is 7.25. The quantitative estimate of drug-likeness (QED) is 0.527. The number of hydrogen-bond donors (Lipinski definition) is 1. The molecule has 0 atom stereocenters. The number of aromatic nitrogens is 2. The number of ether oxygens (including phenoxy) is 2. The molecule has 6 nitrogen and oxygen atoms in total. The Bertz CT molecular complexity index is 1190. The van der Waals surface area contributed by atoms with Crippen molar-refractivity contribution in [3.8, 4) is 11.5 Å². The van der Waals surface area contributed by atoms with Crippen LogP contribution in [-0.2, 0) is 0 Å². The lowest BCUT2D eigenvalue weighted by Crippen LogP contribution is -2.14. The van der Waals surface area contributed by atoms with E-state index in [1.54, 1.807) is 7.11 Å². The summed E-state index contributed by atoms with van der Waals surface area (Å²) in [5, 5.41) is 4.28. The highest BCUT2D eigenvalue weighted by molar-refractivity contribution is 7.22. The van der Waals surface area contributed by atoms with Crippen molar-refractivity contribution in [2.24, 2.45) is 0 Å². The molecule has 2 aromatic heterocycles. The molecule has 4 rings (SSSR count). The van der Waals surface area contributed by atoms with E-state index in [4.69, 9.17) is 9.47 Å². The first-order chi connectivity index (χ1) is 13.6. The number of amides is 1. The van der Waals surface area contributed by atoms with Gasteiger partial charge in [0, 0.05) is 5.39 Å². The van der Waals surface area contributed by atoms with Crippen molar-refractivity contribution in [3.63, 3.8) is 0 Å². The summed E-state index contributed by atoms with van der Waals surface area (Å²) in [4.78, 5) is 21.9. The highest BCUT2D eigenvalue weighted by Crippen LogP contribution is 2.30. The predicted octanol–water partition coefficient (Wildman–Crippen LogP) is 4.81.